The zero-order valence-corrected chi connectivity index (χ0v) is 51.6. The zero-order chi connectivity index (χ0) is 62.7. The van der Waals surface area contributed by atoms with Gasteiger partial charge < -0.3 is 45.1 Å². The van der Waals surface area contributed by atoms with E-state index in [-0.39, 0.29) is 29.7 Å². The number of aromatic nitrogens is 5. The van der Waals surface area contributed by atoms with Crippen molar-refractivity contribution in [3.63, 3.8) is 0 Å². The number of nitrogen functional groups attached to an aromatic ring is 1. The molecule has 8 aromatic rings. The molecule has 88 heavy (non-hydrogen) atoms. The van der Waals surface area contributed by atoms with E-state index in [1.807, 2.05) is 121 Å². The van der Waals surface area contributed by atoms with E-state index >= 15 is 0 Å². The molecule has 0 aliphatic rings. The van der Waals surface area contributed by atoms with Gasteiger partial charge in [-0.15, -0.1) is 5.10 Å². The number of thioether (sulfide) groups is 2. The SMILES string of the molecule is CC(=O)Nc1cc(C(=O)NCCCCCC(=O)OCCSCc2ccc(N=Nc3ccccc3)cc2)n(C)c1.CC(=O)On1nnc2ccccc21.Cn1cc(N)cc1C(=O)NCCCCCC(=O)OCCSCc1ccc(N=Nc2ccccc2)cc1. The quantitative estimate of drug-likeness (QED) is 0.0141. The maximum atomic E-state index is 12.3. The maximum Gasteiger partial charge on any atom is 0.332 e. The Hall–Kier alpha value is -9.42. The second-order valence-corrected chi connectivity index (χ2v) is 22.0. The molecule has 0 spiro atoms. The lowest BCUT2D eigenvalue weighted by Crippen LogP contribution is -2.26. The average molecular weight is 1230 g/mol. The summed E-state index contributed by atoms with van der Waals surface area (Å²) in [5.41, 5.74) is 14.9. The number of hydrogen-bond donors (Lipinski definition) is 4. The van der Waals surface area contributed by atoms with Crippen molar-refractivity contribution in [2.75, 3.05) is 48.9 Å². The number of nitrogens with zero attached hydrogens (tertiary/aromatic N) is 9. The molecule has 5 N–H and O–H groups in total. The third-order valence-electron chi connectivity index (χ3n) is 12.5. The minimum Gasteiger partial charge on any atom is -0.465 e. The first-order valence-corrected chi connectivity index (χ1v) is 31.0. The second-order valence-electron chi connectivity index (χ2n) is 19.8. The number of carbonyl (C=O) groups excluding carboxylic acids is 6. The van der Waals surface area contributed by atoms with E-state index in [2.05, 4.69) is 46.7 Å². The topological polar surface area (TPSA) is 282 Å². The molecule has 0 fully saturated rings. The van der Waals surface area contributed by atoms with Crippen molar-refractivity contribution in [2.45, 2.75) is 76.7 Å². The van der Waals surface area contributed by atoms with Crippen molar-refractivity contribution in [3.05, 3.63) is 181 Å². The summed E-state index contributed by atoms with van der Waals surface area (Å²) in [7, 11) is 3.54. The first kappa shape index (κ1) is 67.7. The molecule has 3 aromatic heterocycles. The fourth-order valence-electron chi connectivity index (χ4n) is 8.13. The lowest BCUT2D eigenvalue weighted by Gasteiger charge is -2.07. The molecule has 0 saturated carbocycles. The van der Waals surface area contributed by atoms with Gasteiger partial charge in [0.15, 0.2) is 0 Å². The molecule has 0 atom stereocenters. The standard InChI is InChI=1S/C29H35N5O4S.C27H33N5O3S.C8H7N3O2/c1-22(35)31-26-19-27(34(2)20-26)29(37)30-16-8-4-7-11-28(36)38-17-18-39-21-23-12-14-25(15-13-23)33-32-24-9-5-3-6-10-24;1-32-19-22(28)18-25(32)27(34)29-15-7-3-6-10-26(33)35-16-17-36-20-21-11-13-24(14-12-21)31-30-23-8-4-2-5-9-23;1-6(12)13-11-8-5-3-2-4-7(8)9-10-11/h3,5-6,9-10,12-15,19-20H,4,7-8,11,16-18,21H2,1-2H3,(H,30,37)(H,31,35);2,4-5,8-9,11-14,18-19H,3,6-7,10,15-17,20,28H2,1H3,(H,29,34);2-5H,1H3. The third kappa shape index (κ3) is 25.7. The van der Waals surface area contributed by atoms with Gasteiger partial charge in [-0.05, 0) is 115 Å². The molecule has 24 heteroatoms. The number of hydrogen-bond acceptors (Lipinski definition) is 18. The third-order valence-corrected chi connectivity index (χ3v) is 14.5. The summed E-state index contributed by atoms with van der Waals surface area (Å²) in [5.74, 6) is 1.84. The summed E-state index contributed by atoms with van der Waals surface area (Å²) in [5, 5.41) is 32.8. The highest BCUT2D eigenvalue weighted by atomic mass is 32.2. The van der Waals surface area contributed by atoms with Crippen LogP contribution in [0, 0.1) is 0 Å². The Labute approximate surface area is 520 Å². The molecule has 8 rings (SSSR count). The van der Waals surface area contributed by atoms with Crippen LogP contribution in [0.2, 0.25) is 0 Å². The Morgan fingerprint density at radius 2 is 1.00 bits per heavy atom. The molecule has 5 aromatic carbocycles. The number of aryl methyl sites for hydroxylation is 2. The van der Waals surface area contributed by atoms with Crippen LogP contribution in [-0.4, -0.2) is 97.7 Å². The van der Waals surface area contributed by atoms with Gasteiger partial charge in [0.05, 0.1) is 34.1 Å². The molecule has 0 aliphatic carbocycles. The number of para-hydroxylation sites is 1. The predicted octanol–water partition coefficient (Wildman–Crippen LogP) is 12.4. The normalized spacial score (nSPS) is 10.9. The van der Waals surface area contributed by atoms with Crippen LogP contribution in [0.4, 0.5) is 34.1 Å². The van der Waals surface area contributed by atoms with Crippen LogP contribution in [0.25, 0.3) is 11.0 Å². The van der Waals surface area contributed by atoms with Crippen molar-refractivity contribution >= 4 is 104 Å². The molecule has 462 valence electrons. The van der Waals surface area contributed by atoms with Crippen LogP contribution in [0.5, 0.6) is 0 Å². The van der Waals surface area contributed by atoms with Gasteiger partial charge >= 0.3 is 17.9 Å². The monoisotopic (exact) mass is 1230 g/mol. The summed E-state index contributed by atoms with van der Waals surface area (Å²) < 4.78 is 14.0. The first-order valence-electron chi connectivity index (χ1n) is 28.7. The molecule has 3 heterocycles. The Morgan fingerprint density at radius 1 is 0.545 bits per heavy atom. The molecule has 22 nitrogen and oxygen atoms in total. The summed E-state index contributed by atoms with van der Waals surface area (Å²) in [6.07, 6.45) is 8.86. The molecule has 0 radical (unpaired) electrons. The molecule has 0 bridgehead atoms. The largest absolute Gasteiger partial charge is 0.465 e. The minimum absolute atomic E-state index is 0.143. The van der Waals surface area contributed by atoms with E-state index in [4.69, 9.17) is 20.0 Å². The molecule has 0 saturated heterocycles. The van der Waals surface area contributed by atoms with Crippen LogP contribution in [0.1, 0.15) is 97.3 Å². The fraction of sp³-hybridized carbons (Fsp3) is 0.312. The van der Waals surface area contributed by atoms with E-state index in [1.165, 1.54) is 25.0 Å². The molecule has 0 unspecified atom stereocenters. The van der Waals surface area contributed by atoms with Gasteiger partial charge in [-0.25, -0.2) is 4.79 Å². The van der Waals surface area contributed by atoms with E-state index in [1.54, 1.807) is 83.4 Å². The highest BCUT2D eigenvalue weighted by Crippen LogP contribution is 2.23. The number of ether oxygens (including phenoxy) is 2. The number of fused-ring (bicyclic) bond motifs is 1. The van der Waals surface area contributed by atoms with Gasteiger partial charge in [0.1, 0.15) is 35.6 Å². The lowest BCUT2D eigenvalue weighted by atomic mass is 10.2. The average Bonchev–Trinajstić information content (AvgIpc) is 3.41. The molecule has 3 amide bonds. The zero-order valence-electron chi connectivity index (χ0n) is 49.9. The van der Waals surface area contributed by atoms with Crippen molar-refractivity contribution in [2.24, 2.45) is 34.6 Å². The fourth-order valence-corrected chi connectivity index (χ4v) is 9.68. The van der Waals surface area contributed by atoms with Gasteiger partial charge in [0.25, 0.3) is 11.8 Å². The number of carbonyl (C=O) groups is 6. The molecular formula is C64H75N13O9S2. The van der Waals surface area contributed by atoms with Crippen molar-refractivity contribution in [1.29, 1.82) is 0 Å². The highest BCUT2D eigenvalue weighted by molar-refractivity contribution is 7.98. The minimum atomic E-state index is -0.421. The number of nitrogens with two attached hydrogens (primary N) is 1. The van der Waals surface area contributed by atoms with Gasteiger partial charge in [0, 0.05) is 89.3 Å². The van der Waals surface area contributed by atoms with E-state index in [0.29, 0.717) is 79.4 Å². The van der Waals surface area contributed by atoms with Crippen molar-refractivity contribution in [3.8, 4) is 0 Å². The van der Waals surface area contributed by atoms with Crippen molar-refractivity contribution < 1.29 is 43.1 Å². The summed E-state index contributed by atoms with van der Waals surface area (Å²) in [6, 6.07) is 45.7. The van der Waals surface area contributed by atoms with Crippen LogP contribution in [0.15, 0.2) is 178 Å². The maximum absolute atomic E-state index is 12.3. The first-order chi connectivity index (χ1) is 42.7. The van der Waals surface area contributed by atoms with Crippen LogP contribution < -0.4 is 26.5 Å². The van der Waals surface area contributed by atoms with E-state index < -0.39 is 5.97 Å². The number of amides is 3. The molecular weight excluding hydrogens is 1160 g/mol. The number of esters is 2. The predicted molar refractivity (Wildman–Crippen MR) is 344 cm³/mol. The van der Waals surface area contributed by atoms with Crippen LogP contribution in [0.3, 0.4) is 0 Å². The number of unbranched alkanes of at least 4 members (excludes halogenated alkanes) is 4. The smallest absolute Gasteiger partial charge is 0.332 e. The summed E-state index contributed by atoms with van der Waals surface area (Å²) in [6.45, 7) is 4.61. The number of azo groups is 2. The van der Waals surface area contributed by atoms with E-state index in [0.717, 1.165) is 82.7 Å². The van der Waals surface area contributed by atoms with Gasteiger partial charge in [-0.2, -0.15) is 44.0 Å². The van der Waals surface area contributed by atoms with E-state index in [9.17, 15) is 28.8 Å². The number of benzene rings is 5. The Morgan fingerprint density at radius 3 is 1.47 bits per heavy atom. The Bertz CT molecular complexity index is 3520. The van der Waals surface area contributed by atoms with Gasteiger partial charge in [0.2, 0.25) is 5.91 Å². The Kier molecular flexibility index (Phi) is 29.2. The number of anilines is 2. The highest BCUT2D eigenvalue weighted by Gasteiger charge is 2.14. The number of nitrogens with one attached hydrogen (secondary N) is 3. The van der Waals surface area contributed by atoms with Crippen LogP contribution >= 0.6 is 23.5 Å². The van der Waals surface area contributed by atoms with Crippen molar-refractivity contribution in [1.82, 2.24) is 34.9 Å². The van der Waals surface area contributed by atoms with Crippen LogP contribution in [-0.2, 0) is 54.3 Å². The Balaban J connectivity index is 0.000000233. The molecule has 0 aliphatic heterocycles. The lowest BCUT2D eigenvalue weighted by molar-refractivity contribution is -0.144. The second kappa shape index (κ2) is 37.9. The summed E-state index contributed by atoms with van der Waals surface area (Å²) in [4.78, 5) is 76.0. The van der Waals surface area contributed by atoms with Gasteiger partial charge in [-0.1, -0.05) is 90.5 Å². The van der Waals surface area contributed by atoms with Gasteiger partial charge in [-0.3, -0.25) is 24.0 Å². The number of rotatable bonds is 30. The summed E-state index contributed by atoms with van der Waals surface area (Å²) >= 11 is 3.43.